The molecule has 1 amide bonds. The fraction of sp³-hybridized carbons (Fsp3) is 0.300. The summed E-state index contributed by atoms with van der Waals surface area (Å²) < 4.78 is 32.4. The zero-order chi connectivity index (χ0) is 14.6. The summed E-state index contributed by atoms with van der Waals surface area (Å²) in [5.41, 5.74) is 0.220. The summed E-state index contributed by atoms with van der Waals surface area (Å²) in [5.74, 6) is 0. The average molecular weight is 372 g/mol. The minimum Gasteiger partial charge on any atom is -0.446 e. The molecule has 0 aliphatic heterocycles. The monoisotopic (exact) mass is 370 g/mol. The predicted molar refractivity (Wildman–Crippen MR) is 76.4 cm³/mol. The number of ether oxygens (including phenoxy) is 1. The topological polar surface area (TPSA) is 84.5 Å². The molecule has 9 heteroatoms. The molecule has 0 heterocycles. The Balaban J connectivity index is 2.74. The highest BCUT2D eigenvalue weighted by molar-refractivity contribution is 9.10. The van der Waals surface area contributed by atoms with Gasteiger partial charge in [-0.25, -0.2) is 9.52 Å². The van der Waals surface area contributed by atoms with Crippen LogP contribution in [0.15, 0.2) is 22.7 Å². The quantitative estimate of drug-likeness (QED) is 0.852. The molecule has 1 aromatic carbocycles. The zero-order valence-electron chi connectivity index (χ0n) is 10.1. The van der Waals surface area contributed by atoms with Crippen LogP contribution in [0, 0.1) is 0 Å². The number of amides is 1. The molecule has 1 aromatic rings. The maximum atomic E-state index is 11.6. The van der Waals surface area contributed by atoms with Gasteiger partial charge in [0.1, 0.15) is 0 Å². The third-order valence-corrected chi connectivity index (χ3v) is 3.90. The van der Waals surface area contributed by atoms with Gasteiger partial charge in [-0.15, -0.1) is 0 Å². The Bertz CT molecular complexity index is 577. The van der Waals surface area contributed by atoms with Crippen LogP contribution in [0.3, 0.4) is 0 Å². The first kappa shape index (κ1) is 16.1. The molecule has 2 N–H and O–H groups in total. The second kappa shape index (κ2) is 6.44. The molecule has 0 fully saturated rings. The summed E-state index contributed by atoms with van der Waals surface area (Å²) in [5, 5.41) is 0.338. The van der Waals surface area contributed by atoms with Crippen LogP contribution in [0.2, 0.25) is 5.02 Å². The zero-order valence-corrected chi connectivity index (χ0v) is 13.3. The van der Waals surface area contributed by atoms with Gasteiger partial charge in [-0.05, 0) is 48.0 Å². The van der Waals surface area contributed by atoms with Crippen molar-refractivity contribution in [1.82, 2.24) is 4.72 Å². The van der Waals surface area contributed by atoms with Gasteiger partial charge in [-0.3, -0.25) is 4.72 Å². The molecule has 0 spiro atoms. The Labute approximate surface area is 124 Å². The van der Waals surface area contributed by atoms with Crippen molar-refractivity contribution in [2.24, 2.45) is 0 Å². The van der Waals surface area contributed by atoms with E-state index in [0.29, 0.717) is 9.50 Å². The van der Waals surface area contributed by atoms with E-state index in [9.17, 15) is 13.2 Å². The van der Waals surface area contributed by atoms with Gasteiger partial charge >= 0.3 is 16.3 Å². The van der Waals surface area contributed by atoms with Crippen LogP contribution in [-0.4, -0.2) is 20.6 Å². The molecule has 0 aliphatic carbocycles. The standard InChI is InChI=1S/C10H12BrClN2O4S/c1-6(2)18-10(15)14-19(16,17)13-7-3-4-8(11)9(12)5-7/h3-6,13H,1-2H3,(H,14,15). The van der Waals surface area contributed by atoms with Crippen LogP contribution in [0.4, 0.5) is 10.5 Å². The Morgan fingerprint density at radius 2 is 2.05 bits per heavy atom. The molecule has 0 aliphatic rings. The molecule has 0 radical (unpaired) electrons. The Hall–Kier alpha value is -0.990. The maximum Gasteiger partial charge on any atom is 0.422 e. The van der Waals surface area contributed by atoms with Crippen molar-refractivity contribution in [3.05, 3.63) is 27.7 Å². The van der Waals surface area contributed by atoms with Gasteiger partial charge in [0.25, 0.3) is 0 Å². The first-order chi connectivity index (χ1) is 8.69. The summed E-state index contributed by atoms with van der Waals surface area (Å²) in [7, 11) is -4.06. The molecule has 0 aromatic heterocycles. The first-order valence-electron chi connectivity index (χ1n) is 5.16. The highest BCUT2D eigenvalue weighted by atomic mass is 79.9. The number of carbonyl (C=O) groups excluding carboxylic acids is 1. The van der Waals surface area contributed by atoms with Crippen LogP contribution >= 0.6 is 27.5 Å². The number of hydrogen-bond acceptors (Lipinski definition) is 4. The largest absolute Gasteiger partial charge is 0.446 e. The van der Waals surface area contributed by atoms with Crippen molar-refractivity contribution >= 4 is 49.5 Å². The molecule has 19 heavy (non-hydrogen) atoms. The normalized spacial score (nSPS) is 11.2. The fourth-order valence-corrected chi connectivity index (χ4v) is 2.27. The minimum absolute atomic E-state index is 0.220. The van der Waals surface area contributed by atoms with Crippen molar-refractivity contribution in [3.8, 4) is 0 Å². The van der Waals surface area contributed by atoms with Crippen molar-refractivity contribution < 1.29 is 17.9 Å². The fourth-order valence-electron chi connectivity index (χ4n) is 1.09. The van der Waals surface area contributed by atoms with Crippen molar-refractivity contribution in [3.63, 3.8) is 0 Å². The van der Waals surface area contributed by atoms with Gasteiger partial charge < -0.3 is 4.74 Å². The molecule has 0 saturated carbocycles. The maximum absolute atomic E-state index is 11.6. The van der Waals surface area contributed by atoms with E-state index in [4.69, 9.17) is 11.6 Å². The Kier molecular flexibility index (Phi) is 5.45. The van der Waals surface area contributed by atoms with E-state index >= 15 is 0 Å². The van der Waals surface area contributed by atoms with E-state index in [-0.39, 0.29) is 5.69 Å². The molecule has 0 saturated heterocycles. The highest BCUT2D eigenvalue weighted by Crippen LogP contribution is 2.25. The van der Waals surface area contributed by atoms with E-state index < -0.39 is 22.4 Å². The lowest BCUT2D eigenvalue weighted by Gasteiger charge is -2.11. The molecular formula is C10H12BrClN2O4S. The van der Waals surface area contributed by atoms with Crippen LogP contribution < -0.4 is 9.44 Å². The molecule has 0 bridgehead atoms. The smallest absolute Gasteiger partial charge is 0.422 e. The highest BCUT2D eigenvalue weighted by Gasteiger charge is 2.16. The van der Waals surface area contributed by atoms with Gasteiger partial charge in [0.2, 0.25) is 0 Å². The molecule has 0 unspecified atom stereocenters. The second-order valence-corrected chi connectivity index (χ2v) is 6.47. The average Bonchev–Trinajstić information content (AvgIpc) is 2.20. The summed E-state index contributed by atoms with van der Waals surface area (Å²) in [4.78, 5) is 11.2. The van der Waals surface area contributed by atoms with Gasteiger partial charge in [-0.1, -0.05) is 11.6 Å². The van der Waals surface area contributed by atoms with Crippen LogP contribution in [0.1, 0.15) is 13.8 Å². The van der Waals surface area contributed by atoms with Gasteiger partial charge in [0.05, 0.1) is 16.8 Å². The molecular weight excluding hydrogens is 360 g/mol. The van der Waals surface area contributed by atoms with Crippen molar-refractivity contribution in [2.45, 2.75) is 20.0 Å². The molecule has 0 atom stereocenters. The number of halogens is 2. The molecule has 1 rings (SSSR count). The van der Waals surface area contributed by atoms with E-state index in [1.54, 1.807) is 24.6 Å². The van der Waals surface area contributed by atoms with Crippen molar-refractivity contribution in [2.75, 3.05) is 4.72 Å². The minimum atomic E-state index is -4.06. The lowest BCUT2D eigenvalue weighted by atomic mass is 10.3. The number of hydrogen-bond donors (Lipinski definition) is 2. The van der Waals surface area contributed by atoms with E-state index in [1.807, 2.05) is 0 Å². The molecule has 106 valence electrons. The summed E-state index contributed by atoms with van der Waals surface area (Å²) in [6.45, 7) is 3.21. The molecule has 6 nitrogen and oxygen atoms in total. The first-order valence-corrected chi connectivity index (χ1v) is 7.81. The van der Waals surface area contributed by atoms with Gasteiger partial charge in [0.15, 0.2) is 0 Å². The lowest BCUT2D eigenvalue weighted by molar-refractivity contribution is 0.121. The van der Waals surface area contributed by atoms with E-state index in [0.717, 1.165) is 0 Å². The number of carbonyl (C=O) groups is 1. The predicted octanol–water partition coefficient (Wildman–Crippen LogP) is 2.89. The van der Waals surface area contributed by atoms with E-state index in [2.05, 4.69) is 25.4 Å². The Morgan fingerprint density at radius 3 is 2.58 bits per heavy atom. The summed E-state index contributed by atoms with van der Waals surface area (Å²) in [6, 6.07) is 4.47. The lowest BCUT2D eigenvalue weighted by Crippen LogP contribution is -2.36. The van der Waals surface area contributed by atoms with Crippen LogP contribution in [0.25, 0.3) is 0 Å². The third kappa shape index (κ3) is 5.66. The third-order valence-electron chi connectivity index (χ3n) is 1.73. The summed E-state index contributed by atoms with van der Waals surface area (Å²) >= 11 is 9.00. The second-order valence-electron chi connectivity index (χ2n) is 3.79. The van der Waals surface area contributed by atoms with Gasteiger partial charge in [-0.2, -0.15) is 8.42 Å². The number of nitrogens with one attached hydrogen (secondary N) is 2. The van der Waals surface area contributed by atoms with Crippen LogP contribution in [0.5, 0.6) is 0 Å². The summed E-state index contributed by atoms with van der Waals surface area (Å²) in [6.07, 6.45) is -1.47. The number of anilines is 1. The van der Waals surface area contributed by atoms with Crippen molar-refractivity contribution in [1.29, 1.82) is 0 Å². The number of rotatable bonds is 4. The Morgan fingerprint density at radius 1 is 1.42 bits per heavy atom. The van der Waals surface area contributed by atoms with Crippen LogP contribution in [-0.2, 0) is 14.9 Å². The SMILES string of the molecule is CC(C)OC(=O)NS(=O)(=O)Nc1ccc(Br)c(Cl)c1. The van der Waals surface area contributed by atoms with Gasteiger partial charge in [0, 0.05) is 4.47 Å². The van der Waals surface area contributed by atoms with E-state index in [1.165, 1.54) is 12.1 Å². The number of benzene rings is 1.